The van der Waals surface area contributed by atoms with Gasteiger partial charge < -0.3 is 10.2 Å². The number of benzene rings is 1. The van der Waals surface area contributed by atoms with Crippen LogP contribution in [0.3, 0.4) is 0 Å². The van der Waals surface area contributed by atoms with Crippen LogP contribution in [0, 0.1) is 11.7 Å². The summed E-state index contributed by atoms with van der Waals surface area (Å²) in [5.74, 6) is 0.0149. The summed E-state index contributed by atoms with van der Waals surface area (Å²) >= 11 is 0. The van der Waals surface area contributed by atoms with Gasteiger partial charge in [0.2, 0.25) is 5.91 Å². The Morgan fingerprint density at radius 2 is 2.08 bits per heavy atom. The summed E-state index contributed by atoms with van der Waals surface area (Å²) in [6, 6.07) is 6.09. The number of rotatable bonds is 6. The van der Waals surface area contributed by atoms with Gasteiger partial charge >= 0.3 is 0 Å². The lowest BCUT2D eigenvalue weighted by molar-refractivity contribution is -0.136. The first kappa shape index (κ1) is 16.7. The van der Waals surface area contributed by atoms with Crippen molar-refractivity contribution in [3.8, 4) is 0 Å². The molecule has 1 aliphatic heterocycles. The third-order valence-electron chi connectivity index (χ3n) is 4.82. The van der Waals surface area contributed by atoms with E-state index in [2.05, 4.69) is 15.6 Å². The Hall–Kier alpha value is -2.77. The van der Waals surface area contributed by atoms with Gasteiger partial charge in [0.25, 0.3) is 5.91 Å². The van der Waals surface area contributed by atoms with Crippen molar-refractivity contribution < 1.29 is 14.0 Å². The summed E-state index contributed by atoms with van der Waals surface area (Å²) in [6.45, 7) is 1.72. The summed E-state index contributed by atoms with van der Waals surface area (Å²) in [5, 5.41) is 10.8. The normalized spacial score (nSPS) is 17.0. The highest BCUT2D eigenvalue weighted by Crippen LogP contribution is 2.27. The summed E-state index contributed by atoms with van der Waals surface area (Å²) in [5.41, 5.74) is 0.962. The standard InChI is InChI=1S/C18H20FN5O2/c19-14-3-1-2-13(6-14)7-17(25)23-9-15(10-23)24-11-16(21-22-24)18(26)20-8-12-4-5-12/h1-3,6,11-12,15H,4-5,7-10H2,(H,20,26). The van der Waals surface area contributed by atoms with Crippen LogP contribution in [0.15, 0.2) is 30.5 Å². The zero-order valence-electron chi connectivity index (χ0n) is 14.3. The molecule has 1 N–H and O–H groups in total. The van der Waals surface area contributed by atoms with Crippen molar-refractivity contribution in [2.45, 2.75) is 25.3 Å². The molecule has 1 saturated carbocycles. The first-order chi connectivity index (χ1) is 12.6. The van der Waals surface area contributed by atoms with Crippen LogP contribution in [-0.4, -0.2) is 51.3 Å². The van der Waals surface area contributed by atoms with Gasteiger partial charge in [0.15, 0.2) is 5.69 Å². The van der Waals surface area contributed by atoms with E-state index >= 15 is 0 Å². The van der Waals surface area contributed by atoms with E-state index in [1.165, 1.54) is 25.0 Å². The minimum Gasteiger partial charge on any atom is -0.350 e. The molecule has 4 rings (SSSR count). The molecule has 2 aliphatic rings. The molecule has 0 radical (unpaired) electrons. The fourth-order valence-electron chi connectivity index (χ4n) is 2.97. The largest absolute Gasteiger partial charge is 0.350 e. The molecule has 8 heteroatoms. The second-order valence-corrected chi connectivity index (χ2v) is 7.00. The number of halogens is 1. The fourth-order valence-corrected chi connectivity index (χ4v) is 2.97. The number of amides is 2. The minimum absolute atomic E-state index is 0.0175. The van der Waals surface area contributed by atoms with E-state index in [0.29, 0.717) is 36.8 Å². The Kier molecular flexibility index (Phi) is 4.40. The lowest BCUT2D eigenvalue weighted by Gasteiger charge is -2.38. The van der Waals surface area contributed by atoms with Crippen molar-refractivity contribution in [1.29, 1.82) is 0 Å². The van der Waals surface area contributed by atoms with Crippen molar-refractivity contribution in [2.24, 2.45) is 5.92 Å². The van der Waals surface area contributed by atoms with Crippen LogP contribution in [0.5, 0.6) is 0 Å². The van der Waals surface area contributed by atoms with Gasteiger partial charge in [0.05, 0.1) is 18.7 Å². The van der Waals surface area contributed by atoms with Gasteiger partial charge in [0.1, 0.15) is 5.82 Å². The molecule has 2 heterocycles. The van der Waals surface area contributed by atoms with Gasteiger partial charge in [-0.25, -0.2) is 9.07 Å². The summed E-state index contributed by atoms with van der Waals surface area (Å²) < 4.78 is 14.8. The molecule has 0 spiro atoms. The molecule has 26 heavy (non-hydrogen) atoms. The third-order valence-corrected chi connectivity index (χ3v) is 4.82. The Bertz CT molecular complexity index is 826. The molecular formula is C18H20FN5O2. The van der Waals surface area contributed by atoms with E-state index in [-0.39, 0.29) is 30.1 Å². The Balaban J connectivity index is 1.27. The fraction of sp³-hybridized carbons (Fsp3) is 0.444. The topological polar surface area (TPSA) is 80.1 Å². The number of nitrogens with one attached hydrogen (secondary N) is 1. The molecule has 1 aromatic heterocycles. The van der Waals surface area contributed by atoms with Crippen molar-refractivity contribution in [3.05, 3.63) is 47.5 Å². The van der Waals surface area contributed by atoms with Crippen LogP contribution in [0.25, 0.3) is 0 Å². The highest BCUT2D eigenvalue weighted by atomic mass is 19.1. The maximum Gasteiger partial charge on any atom is 0.273 e. The van der Waals surface area contributed by atoms with Crippen molar-refractivity contribution in [3.63, 3.8) is 0 Å². The molecule has 1 saturated heterocycles. The Morgan fingerprint density at radius 1 is 1.27 bits per heavy atom. The number of carbonyl (C=O) groups is 2. The predicted molar refractivity (Wildman–Crippen MR) is 90.8 cm³/mol. The molecule has 0 unspecified atom stereocenters. The second kappa shape index (κ2) is 6.86. The number of carbonyl (C=O) groups excluding carboxylic acids is 2. The van der Waals surface area contributed by atoms with E-state index in [1.54, 1.807) is 27.9 Å². The van der Waals surface area contributed by atoms with Gasteiger partial charge in [-0.1, -0.05) is 17.3 Å². The van der Waals surface area contributed by atoms with Crippen LogP contribution in [0.1, 0.15) is 34.9 Å². The van der Waals surface area contributed by atoms with Gasteiger partial charge in [0, 0.05) is 19.6 Å². The molecule has 1 aromatic carbocycles. The number of hydrogen-bond donors (Lipinski definition) is 1. The lowest BCUT2D eigenvalue weighted by atomic mass is 10.1. The molecule has 0 atom stereocenters. The molecule has 1 aliphatic carbocycles. The van der Waals surface area contributed by atoms with Crippen molar-refractivity contribution >= 4 is 11.8 Å². The molecule has 136 valence electrons. The zero-order chi connectivity index (χ0) is 18.1. The first-order valence-corrected chi connectivity index (χ1v) is 8.81. The van der Waals surface area contributed by atoms with Crippen LogP contribution < -0.4 is 5.32 Å². The molecule has 2 amide bonds. The van der Waals surface area contributed by atoms with Crippen LogP contribution in [-0.2, 0) is 11.2 Å². The molecule has 2 aromatic rings. The number of nitrogens with zero attached hydrogens (tertiary/aromatic N) is 4. The second-order valence-electron chi connectivity index (χ2n) is 7.00. The lowest BCUT2D eigenvalue weighted by Crippen LogP contribution is -2.51. The number of hydrogen-bond acceptors (Lipinski definition) is 4. The van der Waals surface area contributed by atoms with E-state index in [9.17, 15) is 14.0 Å². The highest BCUT2D eigenvalue weighted by molar-refractivity contribution is 5.91. The highest BCUT2D eigenvalue weighted by Gasteiger charge is 2.33. The van der Waals surface area contributed by atoms with Crippen molar-refractivity contribution in [2.75, 3.05) is 19.6 Å². The van der Waals surface area contributed by atoms with E-state index in [0.717, 1.165) is 0 Å². The van der Waals surface area contributed by atoms with Crippen LogP contribution >= 0.6 is 0 Å². The quantitative estimate of drug-likeness (QED) is 0.842. The monoisotopic (exact) mass is 357 g/mol. The number of aromatic nitrogens is 3. The van der Waals surface area contributed by atoms with Gasteiger partial charge in [-0.2, -0.15) is 0 Å². The van der Waals surface area contributed by atoms with Gasteiger partial charge in [-0.15, -0.1) is 5.10 Å². The van der Waals surface area contributed by atoms with E-state index in [4.69, 9.17) is 0 Å². The predicted octanol–water partition coefficient (Wildman–Crippen LogP) is 1.18. The van der Waals surface area contributed by atoms with E-state index in [1.807, 2.05) is 0 Å². The molecule has 2 fully saturated rings. The van der Waals surface area contributed by atoms with Crippen LogP contribution in [0.4, 0.5) is 4.39 Å². The average Bonchev–Trinajstić information content (AvgIpc) is 3.27. The Labute approximate surface area is 150 Å². The average molecular weight is 357 g/mol. The van der Waals surface area contributed by atoms with Gasteiger partial charge in [-0.3, -0.25) is 9.59 Å². The first-order valence-electron chi connectivity index (χ1n) is 8.81. The SMILES string of the molecule is O=C(NCC1CC1)c1cn(C2CN(C(=O)Cc3cccc(F)c3)C2)nn1. The number of likely N-dealkylation sites (tertiary alicyclic amines) is 1. The molecule has 7 nitrogen and oxygen atoms in total. The summed E-state index contributed by atoms with van der Waals surface area (Å²) in [4.78, 5) is 25.9. The van der Waals surface area contributed by atoms with Crippen molar-refractivity contribution in [1.82, 2.24) is 25.2 Å². The smallest absolute Gasteiger partial charge is 0.273 e. The third kappa shape index (κ3) is 3.74. The minimum atomic E-state index is -0.341. The molecular weight excluding hydrogens is 337 g/mol. The summed E-state index contributed by atoms with van der Waals surface area (Å²) in [7, 11) is 0. The Morgan fingerprint density at radius 3 is 2.81 bits per heavy atom. The molecule has 0 bridgehead atoms. The van der Waals surface area contributed by atoms with Crippen LogP contribution in [0.2, 0.25) is 0 Å². The van der Waals surface area contributed by atoms with Gasteiger partial charge in [-0.05, 0) is 36.5 Å². The zero-order valence-corrected chi connectivity index (χ0v) is 14.3. The maximum absolute atomic E-state index is 13.2. The maximum atomic E-state index is 13.2. The van der Waals surface area contributed by atoms with E-state index < -0.39 is 0 Å². The summed E-state index contributed by atoms with van der Waals surface area (Å²) in [6.07, 6.45) is 4.15.